The number of esters is 1. The highest BCUT2D eigenvalue weighted by atomic mass is 35.5. The number of rotatable bonds is 5. The van der Waals surface area contributed by atoms with E-state index in [0.29, 0.717) is 18.9 Å². The first kappa shape index (κ1) is 18.2. The van der Waals surface area contributed by atoms with Gasteiger partial charge in [0.05, 0.1) is 18.8 Å². The molecule has 1 aromatic heterocycles. The van der Waals surface area contributed by atoms with Crippen molar-refractivity contribution in [3.05, 3.63) is 53.3 Å². The van der Waals surface area contributed by atoms with E-state index in [1.807, 2.05) is 24.3 Å². The van der Waals surface area contributed by atoms with Crippen LogP contribution in [-0.4, -0.2) is 49.8 Å². The van der Waals surface area contributed by atoms with Crippen LogP contribution in [-0.2, 0) is 14.3 Å². The minimum absolute atomic E-state index is 0.184. The van der Waals surface area contributed by atoms with Crippen molar-refractivity contribution in [1.29, 1.82) is 0 Å². The van der Waals surface area contributed by atoms with Crippen LogP contribution in [0.5, 0.6) is 0 Å². The molecule has 0 atom stereocenters. The number of anilines is 2. The first-order valence-corrected chi connectivity index (χ1v) is 8.51. The summed E-state index contributed by atoms with van der Waals surface area (Å²) >= 11 is 5.72. The second-order valence-corrected chi connectivity index (χ2v) is 6.03. The maximum absolute atomic E-state index is 11.9. The Kier molecular flexibility index (Phi) is 6.04. The van der Waals surface area contributed by atoms with Crippen LogP contribution in [0.3, 0.4) is 0 Å². The van der Waals surface area contributed by atoms with E-state index in [4.69, 9.17) is 21.1 Å². The summed E-state index contributed by atoms with van der Waals surface area (Å²) < 4.78 is 10.3. The van der Waals surface area contributed by atoms with Crippen LogP contribution in [0, 0.1) is 0 Å². The summed E-state index contributed by atoms with van der Waals surface area (Å²) in [7, 11) is 0. The molecule has 136 valence electrons. The number of nitrogens with zero attached hydrogens (tertiary/aromatic N) is 2. The number of carbonyl (C=O) groups excluding carboxylic acids is 2. The Balaban J connectivity index is 1.49. The molecule has 1 aliphatic heterocycles. The monoisotopic (exact) mass is 375 g/mol. The van der Waals surface area contributed by atoms with E-state index in [9.17, 15) is 9.59 Å². The largest absolute Gasteiger partial charge is 0.452 e. The number of hydrogen-bond donors (Lipinski definition) is 1. The summed E-state index contributed by atoms with van der Waals surface area (Å²) in [5, 5.41) is 2.88. The molecule has 1 fully saturated rings. The Bertz CT molecular complexity index is 776. The molecule has 2 heterocycles. The normalized spacial score (nSPS) is 14.0. The zero-order valence-corrected chi connectivity index (χ0v) is 14.7. The third-order valence-corrected chi connectivity index (χ3v) is 4.03. The van der Waals surface area contributed by atoms with Gasteiger partial charge in [0.15, 0.2) is 6.61 Å². The van der Waals surface area contributed by atoms with Crippen molar-refractivity contribution in [2.45, 2.75) is 0 Å². The van der Waals surface area contributed by atoms with Crippen LogP contribution in [0.2, 0.25) is 5.15 Å². The van der Waals surface area contributed by atoms with Crippen LogP contribution in [0.15, 0.2) is 42.6 Å². The molecule has 1 aromatic carbocycles. The third-order valence-electron chi connectivity index (χ3n) is 3.82. The summed E-state index contributed by atoms with van der Waals surface area (Å²) in [5.41, 5.74) is 1.95. The Labute approximate surface area is 155 Å². The smallest absolute Gasteiger partial charge is 0.338 e. The predicted octanol–water partition coefficient (Wildman–Crippen LogP) is 2.37. The van der Waals surface area contributed by atoms with E-state index in [1.165, 1.54) is 18.3 Å². The SMILES string of the molecule is O=C(COC(=O)c1ccnc(Cl)c1)Nc1ccc(N2CCOCC2)cc1. The van der Waals surface area contributed by atoms with Crippen molar-refractivity contribution >= 4 is 34.9 Å². The molecular weight excluding hydrogens is 358 g/mol. The standard InChI is InChI=1S/C18H18ClN3O4/c19-16-11-13(5-6-20-16)18(24)26-12-17(23)21-14-1-3-15(4-2-14)22-7-9-25-10-8-22/h1-6,11H,7-10,12H2,(H,21,23). The zero-order chi connectivity index (χ0) is 18.4. The van der Waals surface area contributed by atoms with Crippen molar-refractivity contribution in [3.8, 4) is 0 Å². The van der Waals surface area contributed by atoms with Crippen LogP contribution in [0.4, 0.5) is 11.4 Å². The molecular formula is C18H18ClN3O4. The summed E-state index contributed by atoms with van der Waals surface area (Å²) in [6.07, 6.45) is 1.40. The molecule has 1 amide bonds. The summed E-state index contributed by atoms with van der Waals surface area (Å²) in [4.78, 5) is 29.8. The molecule has 1 aliphatic rings. The van der Waals surface area contributed by atoms with Gasteiger partial charge in [-0.25, -0.2) is 9.78 Å². The molecule has 0 saturated carbocycles. The molecule has 0 bridgehead atoms. The third kappa shape index (κ3) is 4.93. The fraction of sp³-hybridized carbons (Fsp3) is 0.278. The molecule has 0 spiro atoms. The van der Waals surface area contributed by atoms with Crippen LogP contribution in [0.25, 0.3) is 0 Å². The fourth-order valence-electron chi connectivity index (χ4n) is 2.52. The van der Waals surface area contributed by atoms with Gasteiger partial charge in [-0.2, -0.15) is 0 Å². The minimum Gasteiger partial charge on any atom is -0.452 e. The first-order valence-electron chi connectivity index (χ1n) is 8.13. The molecule has 8 heteroatoms. The molecule has 3 rings (SSSR count). The van der Waals surface area contributed by atoms with E-state index < -0.39 is 11.9 Å². The molecule has 0 radical (unpaired) electrons. The lowest BCUT2D eigenvalue weighted by molar-refractivity contribution is -0.119. The maximum Gasteiger partial charge on any atom is 0.338 e. The van der Waals surface area contributed by atoms with E-state index >= 15 is 0 Å². The summed E-state index contributed by atoms with van der Waals surface area (Å²) in [5.74, 6) is -1.05. The topological polar surface area (TPSA) is 80.8 Å². The molecule has 1 N–H and O–H groups in total. The highest BCUT2D eigenvalue weighted by Crippen LogP contribution is 2.19. The van der Waals surface area contributed by atoms with E-state index in [0.717, 1.165) is 18.8 Å². The zero-order valence-electron chi connectivity index (χ0n) is 14.0. The van der Waals surface area contributed by atoms with Crippen molar-refractivity contribution in [1.82, 2.24) is 4.98 Å². The molecule has 0 aliphatic carbocycles. The number of ether oxygens (including phenoxy) is 2. The van der Waals surface area contributed by atoms with Crippen molar-refractivity contribution in [2.75, 3.05) is 43.1 Å². The number of hydrogen-bond acceptors (Lipinski definition) is 6. The van der Waals surface area contributed by atoms with Gasteiger partial charge < -0.3 is 19.7 Å². The number of benzene rings is 1. The van der Waals surface area contributed by atoms with E-state index in [2.05, 4.69) is 15.2 Å². The highest BCUT2D eigenvalue weighted by molar-refractivity contribution is 6.29. The number of aromatic nitrogens is 1. The molecule has 7 nitrogen and oxygen atoms in total. The molecule has 26 heavy (non-hydrogen) atoms. The molecule has 2 aromatic rings. The van der Waals surface area contributed by atoms with Gasteiger partial charge in [0.1, 0.15) is 5.15 Å². The number of morpholine rings is 1. The van der Waals surface area contributed by atoms with Gasteiger partial charge in [-0.15, -0.1) is 0 Å². The average Bonchev–Trinajstić information content (AvgIpc) is 2.67. The van der Waals surface area contributed by atoms with E-state index in [1.54, 1.807) is 0 Å². The van der Waals surface area contributed by atoms with Gasteiger partial charge in [0.2, 0.25) is 0 Å². The first-order chi connectivity index (χ1) is 12.6. The lowest BCUT2D eigenvalue weighted by Gasteiger charge is -2.28. The highest BCUT2D eigenvalue weighted by Gasteiger charge is 2.13. The lowest BCUT2D eigenvalue weighted by atomic mass is 10.2. The van der Waals surface area contributed by atoms with Gasteiger partial charge in [0.25, 0.3) is 5.91 Å². The maximum atomic E-state index is 11.9. The van der Waals surface area contributed by atoms with Crippen LogP contribution in [0.1, 0.15) is 10.4 Å². The van der Waals surface area contributed by atoms with Crippen molar-refractivity contribution < 1.29 is 19.1 Å². The van der Waals surface area contributed by atoms with Gasteiger partial charge in [0, 0.05) is 30.7 Å². The number of amides is 1. The molecule has 1 saturated heterocycles. The summed E-state index contributed by atoms with van der Waals surface area (Å²) in [6.45, 7) is 2.74. The number of carbonyl (C=O) groups is 2. The van der Waals surface area contributed by atoms with Crippen LogP contribution >= 0.6 is 11.6 Å². The second-order valence-electron chi connectivity index (χ2n) is 5.64. The number of halogens is 1. The van der Waals surface area contributed by atoms with Crippen molar-refractivity contribution in [3.63, 3.8) is 0 Å². The number of pyridine rings is 1. The Hall–Kier alpha value is -2.64. The van der Waals surface area contributed by atoms with Crippen LogP contribution < -0.4 is 10.2 Å². The number of nitrogens with one attached hydrogen (secondary N) is 1. The molecule has 0 unspecified atom stereocenters. The Morgan fingerprint density at radius 2 is 1.92 bits per heavy atom. The van der Waals surface area contributed by atoms with Gasteiger partial charge in [-0.3, -0.25) is 4.79 Å². The van der Waals surface area contributed by atoms with E-state index in [-0.39, 0.29) is 17.3 Å². The Morgan fingerprint density at radius 1 is 1.19 bits per heavy atom. The lowest BCUT2D eigenvalue weighted by Crippen LogP contribution is -2.36. The quantitative estimate of drug-likeness (QED) is 0.638. The van der Waals surface area contributed by atoms with Gasteiger partial charge >= 0.3 is 5.97 Å². The predicted molar refractivity (Wildman–Crippen MR) is 97.6 cm³/mol. The fourth-order valence-corrected chi connectivity index (χ4v) is 2.69. The van der Waals surface area contributed by atoms with Gasteiger partial charge in [-0.05, 0) is 36.4 Å². The average molecular weight is 376 g/mol. The Morgan fingerprint density at radius 3 is 2.62 bits per heavy atom. The summed E-state index contributed by atoms with van der Waals surface area (Å²) in [6, 6.07) is 10.3. The van der Waals surface area contributed by atoms with Crippen molar-refractivity contribution in [2.24, 2.45) is 0 Å². The minimum atomic E-state index is -0.632. The second kappa shape index (κ2) is 8.64. The van der Waals surface area contributed by atoms with Gasteiger partial charge in [-0.1, -0.05) is 11.6 Å².